The number of hydrogen-bond donors (Lipinski definition) is 4. The van der Waals surface area contributed by atoms with E-state index >= 15 is 0 Å². The van der Waals surface area contributed by atoms with Crippen LogP contribution in [0.25, 0.3) is 22.3 Å². The highest BCUT2D eigenvalue weighted by Gasteiger charge is 2.31. The lowest BCUT2D eigenvalue weighted by molar-refractivity contribution is -0.140. The molecule has 0 aliphatic carbocycles. The van der Waals surface area contributed by atoms with Crippen molar-refractivity contribution < 1.29 is 39.2 Å². The first-order chi connectivity index (χ1) is 16.7. The number of esters is 1. The minimum atomic E-state index is -1.16. The average Bonchev–Trinajstić information content (AvgIpc) is 2.86. The number of phenols is 3. The van der Waals surface area contributed by atoms with E-state index in [2.05, 4.69) is 0 Å². The van der Waals surface area contributed by atoms with Crippen LogP contribution in [0.15, 0.2) is 69.9 Å². The zero-order valence-electron chi connectivity index (χ0n) is 18.4. The van der Waals surface area contributed by atoms with E-state index in [1.807, 2.05) is 0 Å². The van der Waals surface area contributed by atoms with Crippen LogP contribution in [0.3, 0.4) is 0 Å². The molecule has 0 radical (unpaired) electrons. The molecule has 4 aromatic rings. The first kappa shape index (κ1) is 23.4. The van der Waals surface area contributed by atoms with Gasteiger partial charge in [-0.2, -0.15) is 0 Å². The van der Waals surface area contributed by atoms with Crippen LogP contribution in [-0.2, 0) is 9.53 Å². The van der Waals surface area contributed by atoms with Crippen LogP contribution in [0, 0.1) is 0 Å². The van der Waals surface area contributed by atoms with E-state index in [0.29, 0.717) is 11.1 Å². The molecule has 0 saturated heterocycles. The van der Waals surface area contributed by atoms with E-state index in [-0.39, 0.29) is 34.3 Å². The van der Waals surface area contributed by atoms with Crippen LogP contribution >= 0.6 is 0 Å². The van der Waals surface area contributed by atoms with Gasteiger partial charge in [0, 0.05) is 23.1 Å². The smallest absolute Gasteiger partial charge is 0.335 e. The summed E-state index contributed by atoms with van der Waals surface area (Å²) >= 11 is 0. The van der Waals surface area contributed by atoms with Crippen LogP contribution < -0.4 is 5.43 Å². The number of hydrogen-bond acceptors (Lipinski definition) is 8. The molecule has 1 unspecified atom stereocenters. The molecule has 4 N–H and O–H groups in total. The van der Waals surface area contributed by atoms with E-state index in [0.717, 1.165) is 6.07 Å². The summed E-state index contributed by atoms with van der Waals surface area (Å²) in [6.45, 7) is 0. The summed E-state index contributed by atoms with van der Waals surface area (Å²) in [7, 11) is 1.17. The molecule has 0 fully saturated rings. The van der Waals surface area contributed by atoms with Crippen LogP contribution in [0.5, 0.6) is 17.2 Å². The number of phenolic OH excluding ortho intramolecular Hbond substituents is 3. The second-order valence-corrected chi connectivity index (χ2v) is 7.76. The first-order valence-corrected chi connectivity index (χ1v) is 10.4. The minimum Gasteiger partial charge on any atom is -0.504 e. The highest BCUT2D eigenvalue weighted by atomic mass is 16.5. The molecule has 1 atom stereocenters. The number of carboxylic acids is 1. The fraction of sp³-hybridized carbons (Fsp3) is 0.115. The fourth-order valence-corrected chi connectivity index (χ4v) is 3.94. The largest absolute Gasteiger partial charge is 0.504 e. The summed E-state index contributed by atoms with van der Waals surface area (Å²) in [5.74, 6) is -5.36. The van der Waals surface area contributed by atoms with E-state index < -0.39 is 40.5 Å². The number of aromatic hydroxyl groups is 3. The molecule has 0 aliphatic heterocycles. The summed E-state index contributed by atoms with van der Waals surface area (Å²) in [6, 6.07) is 15.3. The molecule has 178 valence electrons. The van der Waals surface area contributed by atoms with Gasteiger partial charge >= 0.3 is 11.9 Å². The molecule has 9 heteroatoms. The predicted octanol–water partition coefficient (Wildman–Crippen LogP) is 3.97. The Morgan fingerprint density at radius 2 is 1.60 bits per heavy atom. The molecular weight excluding hydrogens is 456 g/mol. The number of benzene rings is 3. The molecule has 3 aromatic carbocycles. The van der Waals surface area contributed by atoms with Crippen LogP contribution in [0.1, 0.15) is 33.8 Å². The third kappa shape index (κ3) is 4.26. The van der Waals surface area contributed by atoms with Gasteiger partial charge in [-0.25, -0.2) is 4.79 Å². The summed E-state index contributed by atoms with van der Waals surface area (Å²) in [6.07, 6.45) is -0.352. The molecule has 0 aliphatic rings. The monoisotopic (exact) mass is 476 g/mol. The van der Waals surface area contributed by atoms with Crippen molar-refractivity contribution in [1.29, 1.82) is 0 Å². The van der Waals surface area contributed by atoms with Gasteiger partial charge in [0.15, 0.2) is 16.9 Å². The Kier molecular flexibility index (Phi) is 6.16. The molecule has 0 spiro atoms. The maximum Gasteiger partial charge on any atom is 0.335 e. The van der Waals surface area contributed by atoms with Gasteiger partial charge in [-0.3, -0.25) is 9.59 Å². The number of aromatic carboxylic acids is 1. The Morgan fingerprint density at radius 3 is 2.20 bits per heavy atom. The first-order valence-electron chi connectivity index (χ1n) is 10.4. The van der Waals surface area contributed by atoms with Crippen LogP contribution in [0.4, 0.5) is 0 Å². The molecule has 1 aromatic heterocycles. The van der Waals surface area contributed by atoms with Crippen molar-refractivity contribution in [2.75, 3.05) is 7.11 Å². The van der Waals surface area contributed by atoms with E-state index in [1.54, 1.807) is 30.3 Å². The number of carboxylic acid groups (broad SMARTS) is 1. The molecular formula is C26H20O9. The van der Waals surface area contributed by atoms with E-state index in [1.165, 1.54) is 31.4 Å². The quantitative estimate of drug-likeness (QED) is 0.239. The molecule has 0 saturated carbocycles. The Morgan fingerprint density at radius 1 is 0.943 bits per heavy atom. The van der Waals surface area contributed by atoms with Gasteiger partial charge in [-0.15, -0.1) is 0 Å². The lowest BCUT2D eigenvalue weighted by atomic mass is 9.85. The summed E-state index contributed by atoms with van der Waals surface area (Å²) in [4.78, 5) is 36.6. The average molecular weight is 476 g/mol. The van der Waals surface area contributed by atoms with Crippen molar-refractivity contribution in [2.45, 2.75) is 12.3 Å². The molecule has 35 heavy (non-hydrogen) atoms. The van der Waals surface area contributed by atoms with Gasteiger partial charge in [-0.05, 0) is 17.7 Å². The molecule has 9 nitrogen and oxygen atoms in total. The topological polar surface area (TPSA) is 154 Å². The Labute approximate surface area is 198 Å². The molecule has 4 rings (SSSR count). The number of fused-ring (bicyclic) bond motifs is 1. The van der Waals surface area contributed by atoms with E-state index in [4.69, 9.17) is 9.15 Å². The maximum absolute atomic E-state index is 13.0. The number of ether oxygens (including phenoxy) is 1. The van der Waals surface area contributed by atoms with Crippen molar-refractivity contribution in [3.63, 3.8) is 0 Å². The van der Waals surface area contributed by atoms with Crippen molar-refractivity contribution in [3.8, 4) is 28.6 Å². The third-order valence-corrected chi connectivity index (χ3v) is 5.70. The highest BCUT2D eigenvalue weighted by Crippen LogP contribution is 2.49. The molecule has 1 heterocycles. The van der Waals surface area contributed by atoms with Gasteiger partial charge in [0.05, 0.1) is 19.1 Å². The Balaban J connectivity index is 2.06. The van der Waals surface area contributed by atoms with Gasteiger partial charge < -0.3 is 29.6 Å². The zero-order chi connectivity index (χ0) is 25.3. The lowest BCUT2D eigenvalue weighted by Gasteiger charge is -2.21. The predicted molar refractivity (Wildman–Crippen MR) is 125 cm³/mol. The molecule has 0 amide bonds. The highest BCUT2D eigenvalue weighted by molar-refractivity contribution is 5.94. The Hall–Kier alpha value is -4.79. The van der Waals surface area contributed by atoms with E-state index in [9.17, 15) is 34.8 Å². The number of carbonyl (C=O) groups excluding carboxylic acids is 1. The number of rotatable bonds is 6. The van der Waals surface area contributed by atoms with Gasteiger partial charge in [-0.1, -0.05) is 42.5 Å². The van der Waals surface area contributed by atoms with Gasteiger partial charge in [0.2, 0.25) is 5.75 Å². The van der Waals surface area contributed by atoms with Gasteiger partial charge in [0.1, 0.15) is 16.7 Å². The van der Waals surface area contributed by atoms with Crippen LogP contribution in [-0.4, -0.2) is 39.5 Å². The number of carbonyl (C=O) groups is 2. The molecule has 0 bridgehead atoms. The van der Waals surface area contributed by atoms with Gasteiger partial charge in [0.25, 0.3) is 0 Å². The summed E-state index contributed by atoms with van der Waals surface area (Å²) in [5, 5.41) is 40.6. The third-order valence-electron chi connectivity index (χ3n) is 5.70. The second kappa shape index (κ2) is 9.22. The van der Waals surface area contributed by atoms with Crippen molar-refractivity contribution >= 4 is 22.9 Å². The fourth-order valence-electron chi connectivity index (χ4n) is 3.94. The van der Waals surface area contributed by atoms with Crippen molar-refractivity contribution in [3.05, 3.63) is 87.6 Å². The maximum atomic E-state index is 13.0. The standard InChI is InChI=1S/C26H20O9/c1-34-19(28)11-16(13-7-9-15(10-8-13)26(32)33)20-22(29)24(31)23(30)21-17(27)12-18(35-25(20)21)14-5-3-2-4-6-14/h2-10,12,16,29-31H,11H2,1H3,(H,32,33). The SMILES string of the molecule is COC(=O)CC(c1ccc(C(=O)O)cc1)c1c(O)c(O)c(O)c2c(=O)cc(-c3ccccc3)oc12. The summed E-state index contributed by atoms with van der Waals surface area (Å²) in [5.41, 5.74) is -0.156. The number of methoxy groups -OCH3 is 1. The zero-order valence-corrected chi connectivity index (χ0v) is 18.4. The Bertz CT molecular complexity index is 1490. The van der Waals surface area contributed by atoms with Crippen LogP contribution in [0.2, 0.25) is 0 Å². The minimum absolute atomic E-state index is 0.00824. The van der Waals surface area contributed by atoms with Crippen molar-refractivity contribution in [2.24, 2.45) is 0 Å². The normalized spacial score (nSPS) is 11.8. The lowest BCUT2D eigenvalue weighted by Crippen LogP contribution is -2.13. The van der Waals surface area contributed by atoms with Crippen molar-refractivity contribution in [1.82, 2.24) is 0 Å². The summed E-state index contributed by atoms with van der Waals surface area (Å²) < 4.78 is 10.8. The second-order valence-electron chi connectivity index (χ2n) is 7.76.